The number of anilines is 1. The number of amides is 2. The van der Waals surface area contributed by atoms with Crippen molar-refractivity contribution in [2.24, 2.45) is 0 Å². The Balaban J connectivity index is 1.48. The van der Waals surface area contributed by atoms with Gasteiger partial charge >= 0.3 is 5.97 Å². The van der Waals surface area contributed by atoms with E-state index in [4.69, 9.17) is 14.6 Å². The summed E-state index contributed by atoms with van der Waals surface area (Å²) in [4.78, 5) is 50.4. The fraction of sp³-hybridized carbons (Fsp3) is 0.304. The van der Waals surface area contributed by atoms with Crippen molar-refractivity contribution >= 4 is 45.2 Å². The lowest BCUT2D eigenvalue weighted by Crippen LogP contribution is -2.49. The summed E-state index contributed by atoms with van der Waals surface area (Å²) in [6.07, 6.45) is -1.06. The summed E-state index contributed by atoms with van der Waals surface area (Å²) in [7, 11) is 0. The SMILES string of the molecule is O=C(CC1OCCN(CCO)C1=O)Nc1ccc(C(=O)OCC(=O)c2ccc(Br)cc2)cc1. The second-order valence-corrected chi connectivity index (χ2v) is 8.16. The summed E-state index contributed by atoms with van der Waals surface area (Å²) < 4.78 is 11.3. The van der Waals surface area contributed by atoms with Gasteiger partial charge in [-0.2, -0.15) is 0 Å². The lowest BCUT2D eigenvalue weighted by molar-refractivity contribution is -0.155. The Morgan fingerprint density at radius 2 is 1.76 bits per heavy atom. The van der Waals surface area contributed by atoms with E-state index in [9.17, 15) is 19.2 Å². The maximum atomic E-state index is 12.3. The number of benzene rings is 2. The molecule has 1 aliphatic heterocycles. The smallest absolute Gasteiger partial charge is 0.338 e. The van der Waals surface area contributed by atoms with Crippen molar-refractivity contribution in [3.05, 3.63) is 64.1 Å². The van der Waals surface area contributed by atoms with E-state index >= 15 is 0 Å². The van der Waals surface area contributed by atoms with Crippen molar-refractivity contribution in [1.29, 1.82) is 0 Å². The normalized spacial score (nSPS) is 15.8. The Hall–Kier alpha value is -3.08. The summed E-state index contributed by atoms with van der Waals surface area (Å²) in [5, 5.41) is 11.7. The van der Waals surface area contributed by atoms with Gasteiger partial charge in [0.2, 0.25) is 5.91 Å². The molecular weight excluding hydrogens is 496 g/mol. The molecule has 1 aliphatic rings. The third-order valence-electron chi connectivity index (χ3n) is 4.91. The summed E-state index contributed by atoms with van der Waals surface area (Å²) in [6, 6.07) is 12.7. The molecule has 2 aromatic carbocycles. The van der Waals surface area contributed by atoms with Gasteiger partial charge in [-0.1, -0.05) is 28.1 Å². The number of aliphatic hydroxyl groups excluding tert-OH is 1. The minimum absolute atomic E-state index is 0.155. The Morgan fingerprint density at radius 3 is 2.42 bits per heavy atom. The van der Waals surface area contributed by atoms with Gasteiger partial charge in [-0.25, -0.2) is 4.79 Å². The summed E-state index contributed by atoms with van der Waals surface area (Å²) in [6.45, 7) is 0.334. The van der Waals surface area contributed by atoms with Gasteiger partial charge in [0.1, 0.15) is 6.10 Å². The lowest BCUT2D eigenvalue weighted by Gasteiger charge is -2.31. The van der Waals surface area contributed by atoms with Crippen LogP contribution in [0.4, 0.5) is 5.69 Å². The average Bonchev–Trinajstić information content (AvgIpc) is 2.81. The minimum atomic E-state index is -0.900. The van der Waals surface area contributed by atoms with Crippen molar-refractivity contribution in [1.82, 2.24) is 4.90 Å². The number of ether oxygens (including phenoxy) is 2. The molecule has 0 aromatic heterocycles. The molecule has 0 bridgehead atoms. The molecule has 0 radical (unpaired) electrons. The first-order valence-corrected chi connectivity index (χ1v) is 11.0. The molecule has 0 saturated carbocycles. The minimum Gasteiger partial charge on any atom is -0.454 e. The van der Waals surface area contributed by atoms with Crippen molar-refractivity contribution in [2.75, 3.05) is 38.2 Å². The number of aliphatic hydroxyl groups is 1. The van der Waals surface area contributed by atoms with E-state index in [0.717, 1.165) is 4.47 Å². The first kappa shape index (κ1) is 24.6. The molecule has 0 aliphatic carbocycles. The average molecular weight is 519 g/mol. The van der Waals surface area contributed by atoms with E-state index in [0.29, 0.717) is 24.4 Å². The maximum absolute atomic E-state index is 12.3. The third-order valence-corrected chi connectivity index (χ3v) is 5.44. The number of nitrogens with one attached hydrogen (secondary N) is 1. The number of carbonyl (C=O) groups is 4. The van der Waals surface area contributed by atoms with Gasteiger partial charge in [-0.05, 0) is 36.4 Å². The van der Waals surface area contributed by atoms with Crippen LogP contribution in [0.25, 0.3) is 0 Å². The molecular formula is C23H23BrN2O7. The first-order chi connectivity index (χ1) is 15.9. The Morgan fingerprint density at radius 1 is 1.09 bits per heavy atom. The highest BCUT2D eigenvalue weighted by atomic mass is 79.9. The van der Waals surface area contributed by atoms with E-state index in [1.54, 1.807) is 24.3 Å². The van der Waals surface area contributed by atoms with E-state index < -0.39 is 18.0 Å². The Kier molecular flexibility index (Phi) is 8.70. The number of morpholine rings is 1. The Labute approximate surface area is 198 Å². The number of nitrogens with zero attached hydrogens (tertiary/aromatic N) is 1. The summed E-state index contributed by atoms with van der Waals surface area (Å²) in [5.41, 5.74) is 1.09. The number of Topliss-reactive ketones (excluding diaryl/α,β-unsaturated/α-hetero) is 1. The lowest BCUT2D eigenvalue weighted by atomic mass is 10.1. The van der Waals surface area contributed by atoms with Gasteiger partial charge in [0, 0.05) is 28.8 Å². The van der Waals surface area contributed by atoms with Crippen LogP contribution < -0.4 is 5.32 Å². The molecule has 174 valence electrons. The van der Waals surface area contributed by atoms with Gasteiger partial charge in [0.25, 0.3) is 5.91 Å². The number of rotatable bonds is 9. The highest BCUT2D eigenvalue weighted by molar-refractivity contribution is 9.10. The van der Waals surface area contributed by atoms with Crippen LogP contribution in [0, 0.1) is 0 Å². The molecule has 0 spiro atoms. The topological polar surface area (TPSA) is 122 Å². The van der Waals surface area contributed by atoms with Crippen LogP contribution in [-0.2, 0) is 19.1 Å². The van der Waals surface area contributed by atoms with Gasteiger partial charge in [-0.3, -0.25) is 14.4 Å². The highest BCUT2D eigenvalue weighted by Gasteiger charge is 2.31. The zero-order valence-corrected chi connectivity index (χ0v) is 19.2. The van der Waals surface area contributed by atoms with Crippen LogP contribution in [0.3, 0.4) is 0 Å². The van der Waals surface area contributed by atoms with Crippen LogP contribution >= 0.6 is 15.9 Å². The second kappa shape index (κ2) is 11.7. The van der Waals surface area contributed by atoms with Crippen LogP contribution in [0.1, 0.15) is 27.1 Å². The third kappa shape index (κ3) is 6.95. The standard InChI is InChI=1S/C23H23BrN2O7/c24-17-5-1-15(2-6-17)19(28)14-33-23(31)16-3-7-18(8-4-16)25-21(29)13-20-22(30)26(9-11-27)10-12-32-20/h1-8,20,27H,9-14H2,(H,25,29). The van der Waals surface area contributed by atoms with E-state index in [1.807, 2.05) is 0 Å². The molecule has 1 atom stereocenters. The van der Waals surface area contributed by atoms with Crippen molar-refractivity contribution in [3.63, 3.8) is 0 Å². The zero-order chi connectivity index (χ0) is 23.8. The highest BCUT2D eigenvalue weighted by Crippen LogP contribution is 2.15. The first-order valence-electron chi connectivity index (χ1n) is 10.2. The monoisotopic (exact) mass is 518 g/mol. The number of halogens is 1. The molecule has 2 amide bonds. The van der Waals surface area contributed by atoms with Gasteiger partial charge in [-0.15, -0.1) is 0 Å². The van der Waals surface area contributed by atoms with Crippen LogP contribution in [0.15, 0.2) is 53.0 Å². The van der Waals surface area contributed by atoms with Crippen LogP contribution in [0.5, 0.6) is 0 Å². The fourth-order valence-electron chi connectivity index (χ4n) is 3.18. The van der Waals surface area contributed by atoms with E-state index in [1.165, 1.54) is 29.2 Å². The van der Waals surface area contributed by atoms with Crippen molar-refractivity contribution in [2.45, 2.75) is 12.5 Å². The number of esters is 1. The van der Waals surface area contributed by atoms with Gasteiger partial charge in [0.05, 0.1) is 25.2 Å². The van der Waals surface area contributed by atoms with Crippen LogP contribution in [-0.4, -0.2) is 72.6 Å². The van der Waals surface area contributed by atoms with E-state index in [2.05, 4.69) is 21.2 Å². The number of β-amino-alcohol motifs (C(OH)–C–C–N with tert-alkyl or cyclic N) is 1. The second-order valence-electron chi connectivity index (χ2n) is 7.24. The number of hydrogen-bond donors (Lipinski definition) is 2. The molecule has 33 heavy (non-hydrogen) atoms. The number of carbonyl (C=O) groups excluding carboxylic acids is 4. The number of ketones is 1. The van der Waals surface area contributed by atoms with Crippen molar-refractivity contribution < 1.29 is 33.8 Å². The molecule has 3 rings (SSSR count). The molecule has 1 unspecified atom stereocenters. The summed E-state index contributed by atoms with van der Waals surface area (Å²) >= 11 is 3.29. The maximum Gasteiger partial charge on any atom is 0.338 e. The fourth-order valence-corrected chi connectivity index (χ4v) is 3.45. The molecule has 2 aromatic rings. The summed E-state index contributed by atoms with van der Waals surface area (Å²) in [5.74, 6) is -1.74. The molecule has 1 heterocycles. The molecule has 1 saturated heterocycles. The quantitative estimate of drug-likeness (QED) is 0.384. The van der Waals surface area contributed by atoms with Gasteiger partial charge in [0.15, 0.2) is 12.4 Å². The van der Waals surface area contributed by atoms with Crippen LogP contribution in [0.2, 0.25) is 0 Å². The predicted molar refractivity (Wildman–Crippen MR) is 122 cm³/mol. The zero-order valence-electron chi connectivity index (χ0n) is 17.7. The van der Waals surface area contributed by atoms with Gasteiger partial charge < -0.3 is 24.8 Å². The number of hydrogen-bond acceptors (Lipinski definition) is 7. The predicted octanol–water partition coefficient (Wildman–Crippen LogP) is 2.04. The molecule has 10 heteroatoms. The molecule has 2 N–H and O–H groups in total. The Bertz CT molecular complexity index is 1010. The van der Waals surface area contributed by atoms with E-state index in [-0.39, 0.29) is 43.4 Å². The van der Waals surface area contributed by atoms with Crippen molar-refractivity contribution in [3.8, 4) is 0 Å². The molecule has 1 fully saturated rings. The largest absolute Gasteiger partial charge is 0.454 e. The molecule has 9 nitrogen and oxygen atoms in total.